The van der Waals surface area contributed by atoms with Crippen molar-refractivity contribution in [1.29, 1.82) is 5.26 Å². The van der Waals surface area contributed by atoms with E-state index >= 15 is 0 Å². The number of hydrogen-bond donors (Lipinski definition) is 2. The summed E-state index contributed by atoms with van der Waals surface area (Å²) in [6.07, 6.45) is 7.86. The first-order valence-electron chi connectivity index (χ1n) is 14.4. The van der Waals surface area contributed by atoms with Gasteiger partial charge in [-0.2, -0.15) is 10.2 Å². The maximum Gasteiger partial charge on any atom is 0.232 e. The molecule has 0 bridgehead atoms. The van der Waals surface area contributed by atoms with E-state index in [0.717, 1.165) is 54.7 Å². The van der Waals surface area contributed by atoms with E-state index in [9.17, 15) is 13.5 Å². The molecule has 9 nitrogen and oxygen atoms in total. The number of piperidine rings is 1. The second-order valence-corrected chi connectivity index (χ2v) is 13.1. The molecule has 1 aliphatic rings. The summed E-state index contributed by atoms with van der Waals surface area (Å²) in [6, 6.07) is 20.2. The highest BCUT2D eigenvalue weighted by Gasteiger charge is 2.22. The molecule has 1 aromatic heterocycles. The van der Waals surface area contributed by atoms with Gasteiger partial charge in [0, 0.05) is 49.8 Å². The highest BCUT2D eigenvalue weighted by Crippen LogP contribution is 2.39. The molecule has 226 valence electrons. The number of allylic oxidation sites excluding steroid dienone is 1. The molecule has 0 aliphatic carbocycles. The van der Waals surface area contributed by atoms with E-state index in [1.54, 1.807) is 42.6 Å². The van der Waals surface area contributed by atoms with Gasteiger partial charge in [0.25, 0.3) is 0 Å². The summed E-state index contributed by atoms with van der Waals surface area (Å²) in [5, 5.41) is 23.0. The third kappa shape index (κ3) is 7.43. The first-order chi connectivity index (χ1) is 21.1. The standard InChI is InChI=1S/C34H35N5O4S/c1-23-19-26(7-6-16-35)20-24(2)32(23)43-33-30(29-8-4-5-9-31(29)40)21-36-34(38-33)37-27-14-17-39(18-15-27)22-25-10-12-28(13-11-25)44(3,41)42/h4-13,19-21,27,40H,14-15,17-18,22H2,1-3H3,(H,36,37,38)/b7-6+. The van der Waals surface area contributed by atoms with Crippen molar-refractivity contribution < 1.29 is 18.3 Å². The molecule has 1 fully saturated rings. The Labute approximate surface area is 258 Å². The van der Waals surface area contributed by atoms with Crippen molar-refractivity contribution >= 4 is 21.9 Å². The van der Waals surface area contributed by atoms with Crippen molar-refractivity contribution in [3.8, 4) is 34.6 Å². The van der Waals surface area contributed by atoms with Crippen molar-refractivity contribution in [1.82, 2.24) is 14.9 Å². The van der Waals surface area contributed by atoms with Crippen LogP contribution in [0.2, 0.25) is 0 Å². The van der Waals surface area contributed by atoms with Crippen LogP contribution < -0.4 is 10.1 Å². The number of ether oxygens (including phenoxy) is 1. The summed E-state index contributed by atoms with van der Waals surface area (Å²) in [6.45, 7) is 6.38. The molecule has 2 N–H and O–H groups in total. The van der Waals surface area contributed by atoms with E-state index in [1.165, 1.54) is 12.3 Å². The van der Waals surface area contributed by atoms with Gasteiger partial charge >= 0.3 is 0 Å². The summed E-state index contributed by atoms with van der Waals surface area (Å²) < 4.78 is 30.0. The number of nitriles is 1. The van der Waals surface area contributed by atoms with Gasteiger partial charge in [-0.25, -0.2) is 13.4 Å². The Kier molecular flexibility index (Phi) is 9.28. The number of para-hydroxylation sites is 1. The molecular formula is C34H35N5O4S. The number of nitrogens with zero attached hydrogens (tertiary/aromatic N) is 4. The maximum atomic E-state index is 11.8. The van der Waals surface area contributed by atoms with Crippen LogP contribution in [0.5, 0.6) is 17.4 Å². The number of likely N-dealkylation sites (tertiary alicyclic amines) is 1. The molecular weight excluding hydrogens is 574 g/mol. The summed E-state index contributed by atoms with van der Waals surface area (Å²) in [5.41, 5.74) is 4.88. The second kappa shape index (κ2) is 13.3. The first kappa shape index (κ1) is 30.7. The van der Waals surface area contributed by atoms with Crippen LogP contribution in [0.1, 0.15) is 35.1 Å². The molecule has 0 radical (unpaired) electrons. The predicted octanol–water partition coefficient (Wildman–Crippen LogP) is 6.28. The second-order valence-electron chi connectivity index (χ2n) is 11.1. The molecule has 0 unspecified atom stereocenters. The van der Waals surface area contributed by atoms with Crippen molar-refractivity contribution in [3.63, 3.8) is 0 Å². The zero-order valence-corrected chi connectivity index (χ0v) is 25.8. The van der Waals surface area contributed by atoms with E-state index < -0.39 is 9.84 Å². The van der Waals surface area contributed by atoms with Crippen molar-refractivity contribution in [2.75, 3.05) is 24.7 Å². The van der Waals surface area contributed by atoms with Crippen molar-refractivity contribution in [2.45, 2.75) is 44.2 Å². The van der Waals surface area contributed by atoms with Gasteiger partial charge in [0.15, 0.2) is 9.84 Å². The minimum Gasteiger partial charge on any atom is -0.507 e. The number of phenols is 1. The fourth-order valence-corrected chi connectivity index (χ4v) is 6.02. The Hall–Kier alpha value is -4.72. The molecule has 2 heterocycles. The van der Waals surface area contributed by atoms with Gasteiger partial charge in [-0.3, -0.25) is 4.90 Å². The van der Waals surface area contributed by atoms with Crippen LogP contribution in [0.4, 0.5) is 5.95 Å². The fourth-order valence-electron chi connectivity index (χ4n) is 5.39. The maximum absolute atomic E-state index is 11.8. The van der Waals surface area contributed by atoms with Crippen LogP contribution in [0, 0.1) is 25.2 Å². The molecule has 5 rings (SSSR count). The summed E-state index contributed by atoms with van der Waals surface area (Å²) in [4.78, 5) is 12.0. The number of aromatic nitrogens is 2. The fraction of sp³-hybridized carbons (Fsp3) is 0.265. The number of phenolic OH excluding ortho intramolecular Hbond substituents is 1. The zero-order chi connectivity index (χ0) is 31.3. The third-order valence-electron chi connectivity index (χ3n) is 7.66. The highest BCUT2D eigenvalue weighted by molar-refractivity contribution is 7.90. The number of aryl methyl sites for hydroxylation is 2. The van der Waals surface area contributed by atoms with Crippen LogP contribution in [0.15, 0.2) is 77.8 Å². The lowest BCUT2D eigenvalue weighted by atomic mass is 10.0. The molecule has 4 aromatic rings. The van der Waals surface area contributed by atoms with Gasteiger partial charge in [-0.05, 0) is 85.4 Å². The zero-order valence-electron chi connectivity index (χ0n) is 25.0. The van der Waals surface area contributed by atoms with Crippen LogP contribution in [0.25, 0.3) is 17.2 Å². The molecule has 10 heteroatoms. The smallest absolute Gasteiger partial charge is 0.232 e. The third-order valence-corrected chi connectivity index (χ3v) is 8.79. The topological polar surface area (TPSA) is 128 Å². The number of anilines is 1. The molecule has 1 aliphatic heterocycles. The van der Waals surface area contributed by atoms with Gasteiger partial charge in [0.1, 0.15) is 11.5 Å². The number of hydrogen-bond acceptors (Lipinski definition) is 9. The molecule has 0 spiro atoms. The summed E-state index contributed by atoms with van der Waals surface area (Å²) in [7, 11) is -3.21. The van der Waals surface area contributed by atoms with Crippen LogP contribution in [0.3, 0.4) is 0 Å². The van der Waals surface area contributed by atoms with E-state index in [4.69, 9.17) is 15.0 Å². The van der Waals surface area contributed by atoms with Crippen LogP contribution in [-0.4, -0.2) is 53.8 Å². The van der Waals surface area contributed by atoms with Crippen molar-refractivity contribution in [3.05, 3.63) is 95.2 Å². The Bertz CT molecular complexity index is 1800. The quantitative estimate of drug-likeness (QED) is 0.211. The number of nitrogens with one attached hydrogen (secondary N) is 1. The van der Waals surface area contributed by atoms with E-state index in [-0.39, 0.29) is 11.8 Å². The van der Waals surface area contributed by atoms with Gasteiger partial charge in [0.2, 0.25) is 11.8 Å². The molecule has 0 amide bonds. The molecule has 44 heavy (non-hydrogen) atoms. The number of aromatic hydroxyl groups is 1. The molecule has 0 saturated carbocycles. The van der Waals surface area contributed by atoms with Gasteiger partial charge < -0.3 is 15.2 Å². The predicted molar refractivity (Wildman–Crippen MR) is 171 cm³/mol. The van der Waals surface area contributed by atoms with E-state index in [0.29, 0.717) is 33.6 Å². The van der Waals surface area contributed by atoms with Crippen LogP contribution in [-0.2, 0) is 16.4 Å². The van der Waals surface area contributed by atoms with Crippen LogP contribution >= 0.6 is 0 Å². The largest absolute Gasteiger partial charge is 0.507 e. The Balaban J connectivity index is 1.32. The Morgan fingerprint density at radius 1 is 1.07 bits per heavy atom. The van der Waals surface area contributed by atoms with E-state index in [1.807, 2.05) is 50.2 Å². The lowest BCUT2D eigenvalue weighted by Gasteiger charge is -2.32. The highest BCUT2D eigenvalue weighted by atomic mass is 32.2. The molecule has 0 atom stereocenters. The minimum absolute atomic E-state index is 0.102. The Morgan fingerprint density at radius 2 is 1.75 bits per heavy atom. The lowest BCUT2D eigenvalue weighted by molar-refractivity contribution is 0.211. The molecule has 1 saturated heterocycles. The lowest BCUT2D eigenvalue weighted by Crippen LogP contribution is -2.39. The van der Waals surface area contributed by atoms with Gasteiger partial charge in [0.05, 0.1) is 16.5 Å². The SMILES string of the molecule is Cc1cc(/C=C/C#N)cc(C)c1Oc1nc(NC2CCN(Cc3ccc(S(C)(=O)=O)cc3)CC2)ncc1-c1ccccc1O. The van der Waals surface area contributed by atoms with Crippen molar-refractivity contribution in [2.24, 2.45) is 0 Å². The number of sulfone groups is 1. The average molecular weight is 610 g/mol. The van der Waals surface area contributed by atoms with Gasteiger partial charge in [-0.15, -0.1) is 0 Å². The summed E-state index contributed by atoms with van der Waals surface area (Å²) in [5.74, 6) is 1.52. The normalized spacial score (nSPS) is 14.4. The molecule has 3 aromatic carbocycles. The van der Waals surface area contributed by atoms with Gasteiger partial charge in [-0.1, -0.05) is 30.3 Å². The average Bonchev–Trinajstić information content (AvgIpc) is 2.99. The summed E-state index contributed by atoms with van der Waals surface area (Å²) >= 11 is 0. The monoisotopic (exact) mass is 609 g/mol. The number of rotatable bonds is 9. The first-order valence-corrected chi connectivity index (χ1v) is 16.3. The minimum atomic E-state index is -3.21. The van der Waals surface area contributed by atoms with E-state index in [2.05, 4.69) is 15.2 Å². The Morgan fingerprint density at radius 3 is 2.39 bits per heavy atom. The number of benzene rings is 3.